The molecule has 2 bridgehead atoms. The molecule has 0 aromatic heterocycles. The first-order chi connectivity index (χ1) is 14.6. The summed E-state index contributed by atoms with van der Waals surface area (Å²) in [5.41, 5.74) is 0.948. The molecule has 0 saturated carbocycles. The van der Waals surface area contributed by atoms with E-state index in [2.05, 4.69) is 36.4 Å². The molecule has 0 spiro atoms. The van der Waals surface area contributed by atoms with Crippen molar-refractivity contribution < 1.29 is 14.6 Å². The molecule has 0 amide bonds. The Hall–Kier alpha value is -2.99. The molecule has 152 valence electrons. The molecular formula is C25H28N4O+2. The van der Waals surface area contributed by atoms with E-state index in [0.29, 0.717) is 44.8 Å². The van der Waals surface area contributed by atoms with Gasteiger partial charge in [0.05, 0.1) is 64.2 Å². The third-order valence-corrected chi connectivity index (χ3v) is 6.91. The number of rotatable bonds is 6. The highest BCUT2D eigenvalue weighted by Gasteiger charge is 2.66. The van der Waals surface area contributed by atoms with Crippen LogP contribution in [0.1, 0.15) is 24.0 Å². The number of fused-ring (bicyclic) bond motifs is 2. The van der Waals surface area contributed by atoms with Gasteiger partial charge in [0.1, 0.15) is 0 Å². The molecule has 2 aromatic carbocycles. The third kappa shape index (κ3) is 3.41. The van der Waals surface area contributed by atoms with Crippen molar-refractivity contribution in [3.8, 4) is 12.1 Å². The van der Waals surface area contributed by atoms with Crippen LogP contribution in [-0.4, -0.2) is 45.1 Å². The van der Waals surface area contributed by atoms with Crippen LogP contribution in [0.15, 0.2) is 60.7 Å². The van der Waals surface area contributed by atoms with Crippen molar-refractivity contribution in [1.29, 1.82) is 10.5 Å². The molecule has 0 unspecified atom stereocenters. The van der Waals surface area contributed by atoms with Crippen molar-refractivity contribution in [3.05, 3.63) is 71.8 Å². The summed E-state index contributed by atoms with van der Waals surface area (Å²) in [7, 11) is 0. The van der Waals surface area contributed by atoms with Crippen molar-refractivity contribution in [2.75, 3.05) is 39.3 Å². The van der Waals surface area contributed by atoms with Gasteiger partial charge in [-0.25, -0.2) is 0 Å². The molecule has 30 heavy (non-hydrogen) atoms. The fourth-order valence-corrected chi connectivity index (χ4v) is 5.74. The van der Waals surface area contributed by atoms with Crippen molar-refractivity contribution in [2.24, 2.45) is 0 Å². The number of piperidine rings is 2. The highest BCUT2D eigenvalue weighted by Crippen LogP contribution is 2.38. The minimum Gasteiger partial charge on any atom is -0.331 e. The number of hydrogen-bond acceptors (Lipinski definition) is 3. The molecule has 2 saturated heterocycles. The van der Waals surface area contributed by atoms with Crippen molar-refractivity contribution >= 4 is 5.78 Å². The lowest BCUT2D eigenvalue weighted by atomic mass is 9.57. The first kappa shape index (κ1) is 20.3. The molecule has 5 heteroatoms. The topological polar surface area (TPSA) is 73.5 Å². The lowest BCUT2D eigenvalue weighted by Gasteiger charge is -2.53. The largest absolute Gasteiger partial charge is 0.331 e. The van der Waals surface area contributed by atoms with Crippen LogP contribution in [-0.2, 0) is 15.6 Å². The van der Waals surface area contributed by atoms with Gasteiger partial charge in [0.2, 0.25) is 0 Å². The summed E-state index contributed by atoms with van der Waals surface area (Å²) in [5.74, 6) is 0.314. The molecule has 0 radical (unpaired) electrons. The summed E-state index contributed by atoms with van der Waals surface area (Å²) in [4.78, 5) is 17.0. The van der Waals surface area contributed by atoms with E-state index in [1.54, 1.807) is 0 Å². The van der Waals surface area contributed by atoms with Crippen molar-refractivity contribution in [3.63, 3.8) is 0 Å². The van der Waals surface area contributed by atoms with Gasteiger partial charge in [0.25, 0.3) is 0 Å². The second-order valence-electron chi connectivity index (χ2n) is 8.75. The van der Waals surface area contributed by atoms with E-state index in [1.165, 1.54) is 9.80 Å². The van der Waals surface area contributed by atoms with Gasteiger partial charge < -0.3 is 9.80 Å². The predicted molar refractivity (Wildman–Crippen MR) is 113 cm³/mol. The van der Waals surface area contributed by atoms with Crippen LogP contribution in [0.5, 0.6) is 0 Å². The molecule has 2 fully saturated rings. The first-order valence-corrected chi connectivity index (χ1v) is 10.7. The summed E-state index contributed by atoms with van der Waals surface area (Å²) < 4.78 is 0. The van der Waals surface area contributed by atoms with Crippen LogP contribution in [0.3, 0.4) is 0 Å². The van der Waals surface area contributed by atoms with Crippen LogP contribution < -0.4 is 9.80 Å². The van der Waals surface area contributed by atoms with Crippen LogP contribution in [0.4, 0.5) is 0 Å². The molecular weight excluding hydrogens is 372 g/mol. The number of nitrogens with one attached hydrogen (secondary N) is 2. The Labute approximate surface area is 178 Å². The molecule has 2 aliphatic heterocycles. The quantitative estimate of drug-likeness (QED) is 0.720. The van der Waals surface area contributed by atoms with Gasteiger partial charge >= 0.3 is 0 Å². The molecule has 0 atom stereocenters. The van der Waals surface area contributed by atoms with Gasteiger partial charge in [-0.3, -0.25) is 4.79 Å². The Kier molecular flexibility index (Phi) is 5.68. The highest BCUT2D eigenvalue weighted by atomic mass is 16.1. The molecule has 0 aliphatic carbocycles. The zero-order valence-corrected chi connectivity index (χ0v) is 17.2. The van der Waals surface area contributed by atoms with Gasteiger partial charge in [-0.2, -0.15) is 10.5 Å². The maximum absolute atomic E-state index is 14.3. The lowest BCUT2D eigenvalue weighted by Crippen LogP contribution is -3.26. The number of hydrogen-bond donors (Lipinski definition) is 2. The highest BCUT2D eigenvalue weighted by molar-refractivity contribution is 6.00. The van der Waals surface area contributed by atoms with Gasteiger partial charge in [-0.05, 0) is 11.1 Å². The third-order valence-electron chi connectivity index (χ3n) is 6.91. The number of nitriles is 2. The monoisotopic (exact) mass is 400 g/mol. The zero-order valence-electron chi connectivity index (χ0n) is 17.2. The summed E-state index contributed by atoms with van der Waals surface area (Å²) in [6, 6.07) is 24.9. The maximum atomic E-state index is 14.3. The fraction of sp³-hybridized carbons (Fsp3) is 0.400. The predicted octanol–water partition coefficient (Wildman–Crippen LogP) is 0.0559. The number of nitrogens with zero attached hydrogens (tertiary/aromatic N) is 2. The smallest absolute Gasteiger partial charge is 0.176 e. The van der Waals surface area contributed by atoms with Crippen LogP contribution >= 0.6 is 0 Å². The second-order valence-corrected chi connectivity index (χ2v) is 8.75. The van der Waals surface area contributed by atoms with Gasteiger partial charge in [-0.1, -0.05) is 60.7 Å². The standard InChI is InChI=1S/C25H26N4O/c26-13-7-15-28-17-24(21-9-3-1-4-10-21)18-29(16-8-14-27)20-25(19-28,23(24)30)22-11-5-2-6-12-22/h1-6,9-12H,7-8,15-20H2/p+2. The summed E-state index contributed by atoms with van der Waals surface area (Å²) >= 11 is 0. The van der Waals surface area contributed by atoms with Crippen molar-refractivity contribution in [1.82, 2.24) is 0 Å². The fourth-order valence-electron chi connectivity index (χ4n) is 5.74. The molecule has 2 aromatic rings. The zero-order chi connectivity index (χ0) is 21.0. The lowest BCUT2D eigenvalue weighted by molar-refractivity contribution is -0.955. The van der Waals surface area contributed by atoms with Gasteiger partial charge in [0.15, 0.2) is 16.6 Å². The van der Waals surface area contributed by atoms with E-state index >= 15 is 0 Å². The Morgan fingerprint density at radius 1 is 0.700 bits per heavy atom. The molecule has 5 nitrogen and oxygen atoms in total. The van der Waals surface area contributed by atoms with E-state index in [1.807, 2.05) is 36.4 Å². The SMILES string of the molecule is N#CCC[NH+]1CC2(c3ccccc3)C[NH+](CCC#N)CC(c3ccccc3)(C1)C2=O. The number of quaternary nitrogens is 2. The Bertz CT molecular complexity index is 882. The van der Waals surface area contributed by atoms with Crippen LogP contribution in [0.2, 0.25) is 0 Å². The maximum Gasteiger partial charge on any atom is 0.176 e. The van der Waals surface area contributed by atoms with Crippen LogP contribution in [0.25, 0.3) is 0 Å². The van der Waals surface area contributed by atoms with E-state index in [9.17, 15) is 15.3 Å². The number of likely N-dealkylation sites (tertiary alicyclic amines) is 2. The summed E-state index contributed by atoms with van der Waals surface area (Å²) in [6.07, 6.45) is 0.981. The van der Waals surface area contributed by atoms with Crippen molar-refractivity contribution in [2.45, 2.75) is 23.7 Å². The summed E-state index contributed by atoms with van der Waals surface area (Å²) in [5, 5.41) is 18.4. The Morgan fingerprint density at radius 3 is 1.40 bits per heavy atom. The van der Waals surface area contributed by atoms with E-state index < -0.39 is 10.8 Å². The first-order valence-electron chi connectivity index (χ1n) is 10.7. The molecule has 2 N–H and O–H groups in total. The Balaban J connectivity index is 1.86. The molecule has 2 aliphatic rings. The summed E-state index contributed by atoms with van der Waals surface area (Å²) in [6.45, 7) is 4.34. The number of carbonyl (C=O) groups excluding carboxylic acids is 1. The average molecular weight is 401 g/mol. The van der Waals surface area contributed by atoms with Gasteiger partial charge in [0, 0.05) is 0 Å². The van der Waals surface area contributed by atoms with Crippen LogP contribution in [0, 0.1) is 22.7 Å². The van der Waals surface area contributed by atoms with Gasteiger partial charge in [-0.15, -0.1) is 0 Å². The number of Topliss-reactive ketones (excluding diaryl/α,β-unsaturated/α-hetero) is 1. The minimum absolute atomic E-state index is 0.314. The average Bonchev–Trinajstić information content (AvgIpc) is 2.78. The normalized spacial score (nSPS) is 30.3. The minimum atomic E-state index is -0.594. The Morgan fingerprint density at radius 2 is 1.07 bits per heavy atom. The molecule has 4 rings (SSSR count). The van der Waals surface area contributed by atoms with E-state index in [4.69, 9.17) is 0 Å². The number of benzene rings is 2. The molecule has 2 heterocycles. The van der Waals surface area contributed by atoms with E-state index in [0.717, 1.165) is 24.2 Å². The number of carbonyl (C=O) groups is 1. The second kappa shape index (κ2) is 8.40. The van der Waals surface area contributed by atoms with E-state index in [-0.39, 0.29) is 0 Å². The number of ketones is 1.